The average Bonchev–Trinajstić information content (AvgIpc) is 3.31. The van der Waals surface area contributed by atoms with Crippen LogP contribution in [0.5, 0.6) is 11.8 Å². The van der Waals surface area contributed by atoms with E-state index in [2.05, 4.69) is 59.3 Å². The third-order valence-electron chi connectivity index (χ3n) is 11.9. The SMILES string of the molecule is CCCCOc1nc2nc(C)nc(NCc3cccc(C(F)F)c3F)c2cc1C1CCS(=O)CC1.COc1nc2ncnc(N[C@H](C)c3cccc(C(F)F)c3F)c2cc1N1CCN(C)CC1. The van der Waals surface area contributed by atoms with E-state index < -0.39 is 52.5 Å². The first-order valence-corrected chi connectivity index (χ1v) is 23.7. The van der Waals surface area contributed by atoms with Crippen LogP contribution in [0.2, 0.25) is 0 Å². The fraction of sp³-hybridized carbons (Fsp3) is 0.447. The molecule has 0 spiro atoms. The predicted molar refractivity (Wildman–Crippen MR) is 248 cm³/mol. The Bertz CT molecular complexity index is 2680. The number of alkyl halides is 4. The quantitative estimate of drug-likeness (QED) is 0.0746. The van der Waals surface area contributed by atoms with Gasteiger partial charge in [-0.2, -0.15) is 9.97 Å². The first-order chi connectivity index (χ1) is 32.3. The van der Waals surface area contributed by atoms with Crippen molar-refractivity contribution in [1.82, 2.24) is 34.8 Å². The van der Waals surface area contributed by atoms with Gasteiger partial charge in [0.2, 0.25) is 11.8 Å². The number of rotatable bonds is 15. The highest BCUT2D eigenvalue weighted by molar-refractivity contribution is 7.85. The molecule has 6 aromatic rings. The fourth-order valence-electron chi connectivity index (χ4n) is 8.06. The number of piperazine rings is 1. The molecule has 0 radical (unpaired) electrons. The molecule has 2 aliphatic heterocycles. The molecule has 67 heavy (non-hydrogen) atoms. The van der Waals surface area contributed by atoms with Gasteiger partial charge in [0, 0.05) is 71.7 Å². The number of anilines is 3. The van der Waals surface area contributed by atoms with Crippen LogP contribution in [0.15, 0.2) is 54.9 Å². The van der Waals surface area contributed by atoms with Crippen molar-refractivity contribution in [2.45, 2.75) is 77.8 Å². The second kappa shape index (κ2) is 22.3. The number of nitrogens with zero attached hydrogens (tertiary/aromatic N) is 8. The number of aromatic nitrogens is 6. The summed E-state index contributed by atoms with van der Waals surface area (Å²) < 4.78 is 105. The third kappa shape index (κ3) is 11.6. The summed E-state index contributed by atoms with van der Waals surface area (Å²) in [5, 5.41) is 7.52. The molecule has 358 valence electrons. The van der Waals surface area contributed by atoms with Gasteiger partial charge < -0.3 is 29.9 Å². The Kier molecular flexibility index (Phi) is 16.3. The van der Waals surface area contributed by atoms with Crippen molar-refractivity contribution >= 4 is 50.2 Å². The Morgan fingerprint density at radius 2 is 1.48 bits per heavy atom. The zero-order chi connectivity index (χ0) is 47.8. The molecule has 2 aliphatic rings. The number of methoxy groups -OCH3 is 1. The summed E-state index contributed by atoms with van der Waals surface area (Å²) >= 11 is 0. The van der Waals surface area contributed by atoms with Gasteiger partial charge in [-0.25, -0.2) is 46.3 Å². The van der Waals surface area contributed by atoms with Gasteiger partial charge in [-0.05, 0) is 58.2 Å². The number of hydrogen-bond donors (Lipinski definition) is 2. The lowest BCUT2D eigenvalue weighted by Crippen LogP contribution is -2.44. The number of hydrogen-bond acceptors (Lipinski definition) is 13. The molecule has 2 saturated heterocycles. The molecule has 1 atom stereocenters. The monoisotopic (exact) mass is 952 g/mol. The molecule has 0 amide bonds. The lowest BCUT2D eigenvalue weighted by Gasteiger charge is -2.34. The molecule has 2 aromatic carbocycles. The van der Waals surface area contributed by atoms with Gasteiger partial charge in [-0.1, -0.05) is 49.7 Å². The standard InChI is InChI=1S/C25H29F3N4O2S.C22H25F3N6O/c1-3-4-10-34-25-19(16-8-11-35(33)12-9-16)13-20-23(30-15(2)31-24(20)32-25)29-14-17-6-5-7-18(21(17)26)22(27)28;1-13(14-5-4-6-15(18(14)23)19(24)25)28-20-16-11-17(31-9-7-30(2)8-10-31)22(32-3)29-21(16)27-12-26-20/h5-7,13,16,22H,3-4,8-12,14H2,1-2H3,(H,29,30,31,32);4-6,11-13,19H,7-10H2,1-3H3,(H,26,27,28,29)/t;13-/m.1/s1. The maximum Gasteiger partial charge on any atom is 0.266 e. The van der Waals surface area contributed by atoms with E-state index >= 15 is 0 Å². The van der Waals surface area contributed by atoms with Crippen molar-refractivity contribution in [2.24, 2.45) is 0 Å². The zero-order valence-electron chi connectivity index (χ0n) is 38.0. The van der Waals surface area contributed by atoms with Crippen molar-refractivity contribution in [3.05, 3.63) is 100 Å². The van der Waals surface area contributed by atoms with Gasteiger partial charge in [-0.15, -0.1) is 0 Å². The molecule has 2 N–H and O–H groups in total. The molecule has 2 fully saturated rings. The summed E-state index contributed by atoms with van der Waals surface area (Å²) in [5.41, 5.74) is 1.62. The molecule has 0 unspecified atom stereocenters. The van der Waals surface area contributed by atoms with E-state index in [1.165, 1.54) is 30.6 Å². The maximum atomic E-state index is 14.6. The normalized spacial score (nSPS) is 17.1. The van der Waals surface area contributed by atoms with Gasteiger partial charge in [0.15, 0.2) is 11.3 Å². The maximum absolute atomic E-state index is 14.6. The van der Waals surface area contributed by atoms with E-state index in [1.807, 2.05) is 12.1 Å². The van der Waals surface area contributed by atoms with Crippen LogP contribution in [0.3, 0.4) is 0 Å². The highest BCUT2D eigenvalue weighted by Crippen LogP contribution is 2.38. The van der Waals surface area contributed by atoms with Crippen LogP contribution in [0.1, 0.15) is 98.0 Å². The Balaban J connectivity index is 0.000000200. The van der Waals surface area contributed by atoms with Crippen LogP contribution in [0, 0.1) is 18.6 Å². The van der Waals surface area contributed by atoms with Crippen LogP contribution in [-0.2, 0) is 17.3 Å². The Labute approximate surface area is 387 Å². The van der Waals surface area contributed by atoms with Crippen LogP contribution in [0.4, 0.5) is 43.7 Å². The van der Waals surface area contributed by atoms with E-state index in [0.717, 1.165) is 75.2 Å². The lowest BCUT2D eigenvalue weighted by atomic mass is 9.93. The van der Waals surface area contributed by atoms with Crippen molar-refractivity contribution in [2.75, 3.05) is 74.0 Å². The largest absolute Gasteiger partial charge is 0.479 e. The van der Waals surface area contributed by atoms with Crippen LogP contribution in [0.25, 0.3) is 22.1 Å². The van der Waals surface area contributed by atoms with E-state index in [4.69, 9.17) is 14.5 Å². The van der Waals surface area contributed by atoms with Crippen molar-refractivity contribution in [1.29, 1.82) is 0 Å². The van der Waals surface area contributed by atoms with Crippen LogP contribution in [-0.4, -0.2) is 97.5 Å². The topological polar surface area (TPSA) is 143 Å². The summed E-state index contributed by atoms with van der Waals surface area (Å²) in [6.45, 7) is 9.48. The van der Waals surface area contributed by atoms with Gasteiger partial charge in [-0.3, -0.25) is 4.21 Å². The molecule has 20 heteroatoms. The summed E-state index contributed by atoms with van der Waals surface area (Å²) in [5.74, 6) is 1.92. The number of halogens is 6. The van der Waals surface area contributed by atoms with Crippen LogP contribution >= 0.6 is 0 Å². The van der Waals surface area contributed by atoms with Crippen molar-refractivity contribution in [3.63, 3.8) is 0 Å². The highest BCUT2D eigenvalue weighted by Gasteiger charge is 2.27. The molecule has 0 bridgehead atoms. The predicted octanol–water partition coefficient (Wildman–Crippen LogP) is 9.86. The van der Waals surface area contributed by atoms with Gasteiger partial charge in [0.1, 0.15) is 41.1 Å². The molecular formula is C47H54F6N10O3S. The van der Waals surface area contributed by atoms with Crippen molar-refractivity contribution in [3.8, 4) is 11.8 Å². The van der Waals surface area contributed by atoms with Gasteiger partial charge in [0.05, 0.1) is 41.7 Å². The molecule has 8 rings (SSSR count). The molecule has 4 aromatic heterocycles. The number of aryl methyl sites for hydroxylation is 1. The number of ether oxygens (including phenoxy) is 2. The number of fused-ring (bicyclic) bond motifs is 2. The zero-order valence-corrected chi connectivity index (χ0v) is 38.8. The first-order valence-electron chi connectivity index (χ1n) is 22.2. The number of likely N-dealkylation sites (N-methyl/N-ethyl adjacent to an activating group) is 1. The average molecular weight is 953 g/mol. The number of nitrogens with one attached hydrogen (secondary N) is 2. The summed E-state index contributed by atoms with van der Waals surface area (Å²) in [6.07, 6.45) is -0.998. The van der Waals surface area contributed by atoms with E-state index in [9.17, 15) is 30.6 Å². The Morgan fingerprint density at radius 1 is 0.821 bits per heavy atom. The third-order valence-corrected chi connectivity index (χ3v) is 13.2. The molecule has 13 nitrogen and oxygen atoms in total. The first kappa shape index (κ1) is 49.0. The number of pyridine rings is 2. The Morgan fingerprint density at radius 3 is 2.16 bits per heavy atom. The van der Waals surface area contributed by atoms with E-state index in [-0.39, 0.29) is 23.6 Å². The summed E-state index contributed by atoms with van der Waals surface area (Å²) in [7, 11) is 2.84. The minimum atomic E-state index is -2.89. The van der Waals surface area contributed by atoms with Gasteiger partial charge in [0.25, 0.3) is 12.9 Å². The summed E-state index contributed by atoms with van der Waals surface area (Å²) in [6, 6.07) is 11.2. The van der Waals surface area contributed by atoms with E-state index in [1.54, 1.807) is 21.0 Å². The summed E-state index contributed by atoms with van der Waals surface area (Å²) in [4.78, 5) is 31.2. The van der Waals surface area contributed by atoms with Crippen LogP contribution < -0.4 is 25.0 Å². The lowest BCUT2D eigenvalue weighted by molar-refractivity contribution is 0.145. The van der Waals surface area contributed by atoms with Gasteiger partial charge >= 0.3 is 0 Å². The minimum Gasteiger partial charge on any atom is -0.479 e. The second-order valence-corrected chi connectivity index (χ2v) is 18.2. The highest BCUT2D eigenvalue weighted by atomic mass is 32.2. The minimum absolute atomic E-state index is 0.0234. The number of unbranched alkanes of at least 4 members (excludes halogenated alkanes) is 1. The number of benzene rings is 2. The molecule has 0 saturated carbocycles. The Hall–Kier alpha value is -5.89. The fourth-order valence-corrected chi connectivity index (χ4v) is 9.36. The smallest absolute Gasteiger partial charge is 0.266 e. The molecular weight excluding hydrogens is 899 g/mol. The van der Waals surface area contributed by atoms with E-state index in [0.29, 0.717) is 69.4 Å². The molecule has 6 heterocycles. The second-order valence-electron chi connectivity index (χ2n) is 16.5. The van der Waals surface area contributed by atoms with Crippen molar-refractivity contribution < 1.29 is 40.0 Å². The molecule has 0 aliphatic carbocycles.